The van der Waals surface area contributed by atoms with Crippen molar-refractivity contribution in [1.29, 1.82) is 0 Å². The molecule has 140 valence electrons. The van der Waals surface area contributed by atoms with E-state index < -0.39 is 0 Å². The highest BCUT2D eigenvalue weighted by Crippen LogP contribution is 2.25. The normalized spacial score (nSPS) is 10.6. The molecule has 3 rings (SSSR count). The van der Waals surface area contributed by atoms with E-state index >= 15 is 0 Å². The molecule has 3 aromatic rings. The third-order valence-corrected chi connectivity index (χ3v) is 4.79. The van der Waals surface area contributed by atoms with E-state index in [9.17, 15) is 4.79 Å². The van der Waals surface area contributed by atoms with Gasteiger partial charge in [-0.05, 0) is 43.7 Å². The largest absolute Gasteiger partial charge is 0.495 e. The third-order valence-electron chi connectivity index (χ3n) is 3.86. The molecule has 0 spiro atoms. The Morgan fingerprint density at radius 2 is 1.89 bits per heavy atom. The number of nitrogens with one attached hydrogen (secondary N) is 1. The van der Waals surface area contributed by atoms with Crippen molar-refractivity contribution in [1.82, 2.24) is 10.1 Å². The van der Waals surface area contributed by atoms with Crippen molar-refractivity contribution in [2.75, 3.05) is 18.2 Å². The molecule has 0 unspecified atom stereocenters. The first-order valence-corrected chi connectivity index (χ1v) is 9.62. The van der Waals surface area contributed by atoms with Gasteiger partial charge in [-0.25, -0.2) is 0 Å². The van der Waals surface area contributed by atoms with Gasteiger partial charge in [-0.3, -0.25) is 4.79 Å². The molecule has 0 saturated carbocycles. The third kappa shape index (κ3) is 5.10. The fourth-order valence-electron chi connectivity index (χ4n) is 2.47. The van der Waals surface area contributed by atoms with E-state index in [-0.39, 0.29) is 11.7 Å². The van der Waals surface area contributed by atoms with E-state index in [1.807, 2.05) is 56.3 Å². The van der Waals surface area contributed by atoms with Crippen LogP contribution in [-0.4, -0.2) is 28.9 Å². The number of aromatic nitrogens is 2. The monoisotopic (exact) mass is 383 g/mol. The Bertz CT molecular complexity index is 922. The van der Waals surface area contributed by atoms with Crippen LogP contribution in [0.3, 0.4) is 0 Å². The molecule has 0 saturated heterocycles. The summed E-state index contributed by atoms with van der Waals surface area (Å²) in [7, 11) is 1.58. The second-order valence-electron chi connectivity index (χ2n) is 6.13. The molecule has 1 aromatic heterocycles. The molecule has 1 amide bonds. The van der Waals surface area contributed by atoms with Crippen LogP contribution in [0.25, 0.3) is 11.5 Å². The highest BCUT2D eigenvalue weighted by atomic mass is 32.2. The summed E-state index contributed by atoms with van der Waals surface area (Å²) in [4.78, 5) is 16.6. The van der Waals surface area contributed by atoms with Crippen molar-refractivity contribution in [3.8, 4) is 17.2 Å². The summed E-state index contributed by atoms with van der Waals surface area (Å²) >= 11 is 1.42. The Morgan fingerprint density at radius 3 is 2.63 bits per heavy atom. The van der Waals surface area contributed by atoms with E-state index in [1.165, 1.54) is 17.3 Å². The molecule has 2 aromatic carbocycles. The highest BCUT2D eigenvalue weighted by molar-refractivity contribution is 7.99. The molecule has 6 nitrogen and oxygen atoms in total. The summed E-state index contributed by atoms with van der Waals surface area (Å²) in [5.74, 6) is 2.36. The number of thioether (sulfide) groups is 1. The number of carbonyl (C=O) groups is 1. The van der Waals surface area contributed by atoms with Crippen LogP contribution in [0, 0.1) is 13.8 Å². The number of carbonyl (C=O) groups excluding carboxylic acids is 1. The standard InChI is InChI=1S/C20H21N3O3S/c1-13-4-7-15(8-5-13)20-22-18(23-26-20)11-27-12-19(24)21-16-10-14(2)6-9-17(16)25-3/h4-10H,11-12H2,1-3H3,(H,21,24). The summed E-state index contributed by atoms with van der Waals surface area (Å²) in [5, 5.41) is 6.85. The van der Waals surface area contributed by atoms with Crippen LogP contribution < -0.4 is 10.1 Å². The second kappa shape index (κ2) is 8.73. The predicted molar refractivity (Wildman–Crippen MR) is 107 cm³/mol. The lowest BCUT2D eigenvalue weighted by Crippen LogP contribution is -2.15. The Balaban J connectivity index is 1.52. The van der Waals surface area contributed by atoms with Gasteiger partial charge < -0.3 is 14.6 Å². The Morgan fingerprint density at radius 1 is 1.15 bits per heavy atom. The molecule has 0 radical (unpaired) electrons. The number of rotatable bonds is 7. The molecule has 0 aliphatic carbocycles. The summed E-state index contributed by atoms with van der Waals surface area (Å²) in [5.41, 5.74) is 3.78. The zero-order valence-electron chi connectivity index (χ0n) is 15.5. The number of ether oxygens (including phenoxy) is 1. The van der Waals surface area contributed by atoms with Crippen LogP contribution in [0.4, 0.5) is 5.69 Å². The summed E-state index contributed by atoms with van der Waals surface area (Å²) < 4.78 is 10.6. The average Bonchev–Trinajstić information content (AvgIpc) is 3.11. The molecular formula is C20H21N3O3S. The van der Waals surface area contributed by atoms with Crippen molar-refractivity contribution in [2.45, 2.75) is 19.6 Å². The van der Waals surface area contributed by atoms with E-state index in [0.717, 1.165) is 11.1 Å². The zero-order chi connectivity index (χ0) is 19.2. The topological polar surface area (TPSA) is 77.2 Å². The fourth-order valence-corrected chi connectivity index (χ4v) is 3.13. The quantitative estimate of drug-likeness (QED) is 0.658. The highest BCUT2D eigenvalue weighted by Gasteiger charge is 2.11. The van der Waals surface area contributed by atoms with Crippen molar-refractivity contribution < 1.29 is 14.1 Å². The number of benzene rings is 2. The molecule has 1 N–H and O–H groups in total. The van der Waals surface area contributed by atoms with E-state index in [0.29, 0.717) is 28.9 Å². The summed E-state index contributed by atoms with van der Waals surface area (Å²) in [6.45, 7) is 3.99. The van der Waals surface area contributed by atoms with Gasteiger partial charge in [0.25, 0.3) is 5.89 Å². The van der Waals surface area contributed by atoms with Gasteiger partial charge in [0.1, 0.15) is 5.75 Å². The Labute approximate surface area is 162 Å². The lowest BCUT2D eigenvalue weighted by molar-refractivity contribution is -0.113. The fraction of sp³-hybridized carbons (Fsp3) is 0.250. The lowest BCUT2D eigenvalue weighted by Gasteiger charge is -2.10. The van der Waals surface area contributed by atoms with Gasteiger partial charge in [0.2, 0.25) is 5.91 Å². The van der Waals surface area contributed by atoms with Gasteiger partial charge >= 0.3 is 0 Å². The maximum Gasteiger partial charge on any atom is 0.257 e. The number of anilines is 1. The second-order valence-corrected chi connectivity index (χ2v) is 7.11. The minimum atomic E-state index is -0.105. The summed E-state index contributed by atoms with van der Waals surface area (Å²) in [6.07, 6.45) is 0. The number of amides is 1. The number of hydrogen-bond donors (Lipinski definition) is 1. The van der Waals surface area contributed by atoms with Gasteiger partial charge in [-0.2, -0.15) is 4.98 Å². The minimum Gasteiger partial charge on any atom is -0.495 e. The molecule has 1 heterocycles. The molecule has 0 atom stereocenters. The van der Waals surface area contributed by atoms with Crippen LogP contribution in [0.15, 0.2) is 47.0 Å². The van der Waals surface area contributed by atoms with Gasteiger partial charge in [-0.1, -0.05) is 28.9 Å². The SMILES string of the molecule is COc1ccc(C)cc1NC(=O)CSCc1noc(-c2ccc(C)cc2)n1. The minimum absolute atomic E-state index is 0.105. The van der Waals surface area contributed by atoms with Crippen LogP contribution in [0.2, 0.25) is 0 Å². The van der Waals surface area contributed by atoms with E-state index in [2.05, 4.69) is 15.5 Å². The molecular weight excluding hydrogens is 362 g/mol. The molecule has 0 bridgehead atoms. The van der Waals surface area contributed by atoms with Crippen molar-refractivity contribution >= 4 is 23.4 Å². The van der Waals surface area contributed by atoms with Crippen LogP contribution in [0.5, 0.6) is 5.75 Å². The van der Waals surface area contributed by atoms with Gasteiger partial charge in [0, 0.05) is 5.56 Å². The Hall–Kier alpha value is -2.80. The molecule has 7 heteroatoms. The van der Waals surface area contributed by atoms with Crippen LogP contribution >= 0.6 is 11.8 Å². The number of aryl methyl sites for hydroxylation is 2. The smallest absolute Gasteiger partial charge is 0.257 e. The first kappa shape index (κ1) is 19.0. The molecule has 27 heavy (non-hydrogen) atoms. The maximum absolute atomic E-state index is 12.2. The zero-order valence-corrected chi connectivity index (χ0v) is 16.3. The van der Waals surface area contributed by atoms with Crippen LogP contribution in [-0.2, 0) is 10.5 Å². The van der Waals surface area contributed by atoms with Crippen molar-refractivity contribution in [2.24, 2.45) is 0 Å². The molecule has 0 aliphatic rings. The number of methoxy groups -OCH3 is 1. The van der Waals surface area contributed by atoms with Gasteiger partial charge in [-0.15, -0.1) is 11.8 Å². The first-order valence-electron chi connectivity index (χ1n) is 8.47. The average molecular weight is 383 g/mol. The maximum atomic E-state index is 12.2. The Kier molecular flexibility index (Phi) is 6.13. The van der Waals surface area contributed by atoms with Crippen LogP contribution in [0.1, 0.15) is 17.0 Å². The summed E-state index contributed by atoms with van der Waals surface area (Å²) in [6, 6.07) is 13.5. The predicted octanol–water partition coefficient (Wildman–Crippen LogP) is 4.23. The lowest BCUT2D eigenvalue weighted by atomic mass is 10.1. The molecule has 0 aliphatic heterocycles. The first-order chi connectivity index (χ1) is 13.0. The van der Waals surface area contributed by atoms with Gasteiger partial charge in [0.15, 0.2) is 5.82 Å². The van der Waals surface area contributed by atoms with Gasteiger partial charge in [0.05, 0.1) is 24.3 Å². The number of nitrogens with zero attached hydrogens (tertiary/aromatic N) is 2. The molecule has 0 fully saturated rings. The van der Waals surface area contributed by atoms with Crippen molar-refractivity contribution in [3.05, 3.63) is 59.4 Å². The number of hydrogen-bond acceptors (Lipinski definition) is 6. The van der Waals surface area contributed by atoms with Crippen molar-refractivity contribution in [3.63, 3.8) is 0 Å². The van der Waals surface area contributed by atoms with E-state index in [1.54, 1.807) is 7.11 Å². The van der Waals surface area contributed by atoms with E-state index in [4.69, 9.17) is 9.26 Å².